The molecule has 1 rings (SSSR count). The van der Waals surface area contributed by atoms with Crippen molar-refractivity contribution in [2.75, 3.05) is 6.61 Å². The molecular weight excluding hydrogens is 246 g/mol. The minimum absolute atomic E-state index is 0.0364. The third kappa shape index (κ3) is 3.42. The molecule has 0 spiro atoms. The van der Waals surface area contributed by atoms with Gasteiger partial charge in [-0.05, 0) is 31.5 Å². The van der Waals surface area contributed by atoms with Crippen molar-refractivity contribution in [3.05, 3.63) is 38.4 Å². The number of hydrogen-bond acceptors (Lipinski definition) is 4. The van der Waals surface area contributed by atoms with Gasteiger partial charge < -0.3 is 4.74 Å². The van der Waals surface area contributed by atoms with Crippen LogP contribution in [0.15, 0.2) is 12.1 Å². The third-order valence-electron chi connectivity index (χ3n) is 2.11. The average Bonchev–Trinajstić information content (AvgIpc) is 2.15. The summed E-state index contributed by atoms with van der Waals surface area (Å²) >= 11 is 5.80. The lowest BCUT2D eigenvalue weighted by molar-refractivity contribution is -0.385. The van der Waals surface area contributed by atoms with Gasteiger partial charge in [-0.25, -0.2) is 0 Å². The second-order valence-corrected chi connectivity index (χ2v) is 3.90. The molecule has 0 aromatic heterocycles. The van der Waals surface area contributed by atoms with Gasteiger partial charge in [0.15, 0.2) is 0 Å². The van der Waals surface area contributed by atoms with Gasteiger partial charge in [0.05, 0.1) is 18.0 Å². The van der Waals surface area contributed by atoms with E-state index in [1.807, 2.05) is 0 Å². The highest BCUT2D eigenvalue weighted by Gasteiger charge is 2.21. The SMILES string of the molecule is CCOC(=O)Cc1cc(C)cc(Cl)c1[N+](=O)[O-]. The highest BCUT2D eigenvalue weighted by Crippen LogP contribution is 2.30. The summed E-state index contributed by atoms with van der Waals surface area (Å²) in [6.07, 6.45) is -0.147. The summed E-state index contributed by atoms with van der Waals surface area (Å²) in [6, 6.07) is 3.06. The molecule has 0 aliphatic carbocycles. The van der Waals surface area contributed by atoms with E-state index in [0.717, 1.165) is 5.56 Å². The zero-order chi connectivity index (χ0) is 13.0. The number of nitro benzene ring substituents is 1. The molecule has 0 saturated carbocycles. The van der Waals surface area contributed by atoms with E-state index in [1.165, 1.54) is 6.07 Å². The monoisotopic (exact) mass is 257 g/mol. The van der Waals surface area contributed by atoms with Crippen LogP contribution < -0.4 is 0 Å². The second-order valence-electron chi connectivity index (χ2n) is 3.49. The summed E-state index contributed by atoms with van der Waals surface area (Å²) < 4.78 is 4.76. The maximum Gasteiger partial charge on any atom is 0.310 e. The molecule has 0 aliphatic rings. The van der Waals surface area contributed by atoms with E-state index >= 15 is 0 Å². The highest BCUT2D eigenvalue weighted by molar-refractivity contribution is 6.32. The fourth-order valence-electron chi connectivity index (χ4n) is 1.51. The maximum atomic E-state index is 11.3. The lowest BCUT2D eigenvalue weighted by Gasteiger charge is -2.06. The summed E-state index contributed by atoms with van der Waals surface area (Å²) in [5.74, 6) is -0.503. The molecule has 0 heterocycles. The molecule has 17 heavy (non-hydrogen) atoms. The number of benzene rings is 1. The van der Waals surface area contributed by atoms with Gasteiger partial charge >= 0.3 is 5.97 Å². The Labute approximate surface area is 103 Å². The van der Waals surface area contributed by atoms with Crippen LogP contribution in [0.1, 0.15) is 18.1 Å². The molecule has 0 saturated heterocycles. The van der Waals surface area contributed by atoms with E-state index in [2.05, 4.69) is 0 Å². The normalized spacial score (nSPS) is 10.1. The van der Waals surface area contributed by atoms with Gasteiger partial charge in [0.25, 0.3) is 5.69 Å². The van der Waals surface area contributed by atoms with Crippen LogP contribution in [0.2, 0.25) is 5.02 Å². The standard InChI is InChI=1S/C11H12ClNO4/c1-3-17-10(14)6-8-4-7(2)5-9(12)11(8)13(15)16/h4-5H,3,6H2,1-2H3. The molecule has 0 unspecified atom stereocenters. The van der Waals surface area contributed by atoms with Crippen molar-refractivity contribution in [3.63, 3.8) is 0 Å². The van der Waals surface area contributed by atoms with Gasteiger partial charge in [-0.3, -0.25) is 14.9 Å². The zero-order valence-electron chi connectivity index (χ0n) is 9.53. The van der Waals surface area contributed by atoms with Crippen LogP contribution in [0, 0.1) is 17.0 Å². The van der Waals surface area contributed by atoms with Crippen molar-refractivity contribution in [2.45, 2.75) is 20.3 Å². The number of hydrogen-bond donors (Lipinski definition) is 0. The fourth-order valence-corrected chi connectivity index (χ4v) is 1.88. The van der Waals surface area contributed by atoms with Gasteiger partial charge in [-0.2, -0.15) is 0 Å². The second kappa shape index (κ2) is 5.63. The van der Waals surface area contributed by atoms with Gasteiger partial charge in [-0.15, -0.1) is 0 Å². The van der Waals surface area contributed by atoms with Gasteiger partial charge in [0.1, 0.15) is 5.02 Å². The number of carbonyl (C=O) groups excluding carboxylic acids is 1. The Morgan fingerprint density at radius 2 is 2.18 bits per heavy atom. The molecule has 0 bridgehead atoms. The first kappa shape index (κ1) is 13.4. The van der Waals surface area contributed by atoms with E-state index in [4.69, 9.17) is 16.3 Å². The Morgan fingerprint density at radius 3 is 2.71 bits per heavy atom. The van der Waals surface area contributed by atoms with E-state index in [1.54, 1.807) is 19.9 Å². The Bertz CT molecular complexity index is 459. The number of carbonyl (C=O) groups is 1. The summed E-state index contributed by atoms with van der Waals surface area (Å²) in [5.41, 5.74) is 0.809. The molecule has 0 amide bonds. The quantitative estimate of drug-likeness (QED) is 0.472. The molecule has 1 aromatic rings. The largest absolute Gasteiger partial charge is 0.466 e. The number of aryl methyl sites for hydroxylation is 1. The predicted molar refractivity (Wildman–Crippen MR) is 63.2 cm³/mol. The molecule has 0 aliphatic heterocycles. The van der Waals surface area contributed by atoms with E-state index < -0.39 is 10.9 Å². The van der Waals surface area contributed by atoms with E-state index in [0.29, 0.717) is 0 Å². The zero-order valence-corrected chi connectivity index (χ0v) is 10.3. The average molecular weight is 258 g/mol. The van der Waals surface area contributed by atoms with Crippen LogP contribution in [-0.4, -0.2) is 17.5 Å². The first-order valence-corrected chi connectivity index (χ1v) is 5.42. The lowest BCUT2D eigenvalue weighted by Crippen LogP contribution is -2.09. The Balaban J connectivity index is 3.12. The molecule has 5 nitrogen and oxygen atoms in total. The molecular formula is C11H12ClNO4. The van der Waals surface area contributed by atoms with Crippen LogP contribution in [-0.2, 0) is 16.0 Å². The Hall–Kier alpha value is -1.62. The topological polar surface area (TPSA) is 69.4 Å². The summed E-state index contributed by atoms with van der Waals surface area (Å²) in [5, 5.41) is 10.9. The van der Waals surface area contributed by atoms with E-state index in [-0.39, 0.29) is 29.3 Å². The van der Waals surface area contributed by atoms with Gasteiger partial charge in [-0.1, -0.05) is 11.6 Å². The number of esters is 1. The van der Waals surface area contributed by atoms with Crippen molar-refractivity contribution in [1.82, 2.24) is 0 Å². The van der Waals surface area contributed by atoms with Crippen molar-refractivity contribution in [2.24, 2.45) is 0 Å². The van der Waals surface area contributed by atoms with Crippen molar-refractivity contribution in [3.8, 4) is 0 Å². The molecule has 92 valence electrons. The molecule has 0 fully saturated rings. The van der Waals surface area contributed by atoms with Crippen molar-refractivity contribution < 1.29 is 14.5 Å². The maximum absolute atomic E-state index is 11.3. The Kier molecular flexibility index (Phi) is 4.45. The summed E-state index contributed by atoms with van der Waals surface area (Å²) in [7, 11) is 0. The minimum atomic E-state index is -0.587. The van der Waals surface area contributed by atoms with Gasteiger partial charge in [0.2, 0.25) is 0 Å². The van der Waals surface area contributed by atoms with Crippen molar-refractivity contribution >= 4 is 23.3 Å². The minimum Gasteiger partial charge on any atom is -0.466 e. The van der Waals surface area contributed by atoms with Crippen LogP contribution in [0.5, 0.6) is 0 Å². The first-order valence-electron chi connectivity index (χ1n) is 5.04. The third-order valence-corrected chi connectivity index (χ3v) is 2.40. The van der Waals surface area contributed by atoms with Crippen molar-refractivity contribution in [1.29, 1.82) is 0 Å². The van der Waals surface area contributed by atoms with Crippen LogP contribution in [0.3, 0.4) is 0 Å². The number of rotatable bonds is 4. The number of nitro groups is 1. The smallest absolute Gasteiger partial charge is 0.310 e. The first-order chi connectivity index (χ1) is 7.95. The fraction of sp³-hybridized carbons (Fsp3) is 0.364. The van der Waals surface area contributed by atoms with Gasteiger partial charge in [0, 0.05) is 5.56 Å². The molecule has 0 atom stereocenters. The highest BCUT2D eigenvalue weighted by atomic mass is 35.5. The summed E-state index contributed by atoms with van der Waals surface area (Å²) in [4.78, 5) is 21.6. The predicted octanol–water partition coefficient (Wildman–Crippen LogP) is 2.66. The van der Waals surface area contributed by atoms with Crippen LogP contribution in [0.4, 0.5) is 5.69 Å². The molecule has 6 heteroatoms. The van der Waals surface area contributed by atoms with Crippen LogP contribution >= 0.6 is 11.6 Å². The lowest BCUT2D eigenvalue weighted by atomic mass is 10.1. The molecule has 1 aromatic carbocycles. The van der Waals surface area contributed by atoms with E-state index in [9.17, 15) is 14.9 Å². The number of ether oxygens (including phenoxy) is 1. The number of nitrogens with zero attached hydrogens (tertiary/aromatic N) is 1. The summed E-state index contributed by atoms with van der Waals surface area (Å²) in [6.45, 7) is 3.67. The molecule has 0 radical (unpaired) electrons. The van der Waals surface area contributed by atoms with Crippen LogP contribution in [0.25, 0.3) is 0 Å². The number of halogens is 1. The molecule has 0 N–H and O–H groups in total. The Morgan fingerprint density at radius 1 is 1.53 bits per heavy atom.